The summed E-state index contributed by atoms with van der Waals surface area (Å²) in [6.07, 6.45) is 0.226. The maximum Gasteiger partial charge on any atom is 0.272 e. The number of carbonyl (C=O) groups is 1. The molecule has 1 saturated heterocycles. The molecule has 0 unspecified atom stereocenters. The van der Waals surface area contributed by atoms with Crippen molar-refractivity contribution in [2.24, 2.45) is 0 Å². The maximum atomic E-state index is 14.6. The van der Waals surface area contributed by atoms with Crippen LogP contribution in [0.25, 0.3) is 22.3 Å². The summed E-state index contributed by atoms with van der Waals surface area (Å²) in [5, 5.41) is 53.6. The van der Waals surface area contributed by atoms with Gasteiger partial charge in [0.05, 0.1) is 11.5 Å². The van der Waals surface area contributed by atoms with Gasteiger partial charge in [0.1, 0.15) is 51.6 Å². The SMILES string of the molecule is C[C@@]12C[C@@H](c3ccc(O)cc3O1)[C@@]13O[C@@]1(c1ccc(O)cc1O)Oc1cc(-c4cc5ccc(O)cc5o4)cc(O)c1[C@H]3C2=O. The lowest BCUT2D eigenvalue weighted by Gasteiger charge is -2.51. The summed E-state index contributed by atoms with van der Waals surface area (Å²) in [6.45, 7) is 1.69. The molecule has 0 amide bonds. The molecule has 10 heteroatoms. The zero-order chi connectivity index (χ0) is 30.3. The second kappa shape index (κ2) is 7.78. The molecule has 0 radical (unpaired) electrons. The predicted octanol–water partition coefficient (Wildman–Crippen LogP) is 5.63. The van der Waals surface area contributed by atoms with Crippen LogP contribution in [0.1, 0.15) is 41.9 Å². The zero-order valence-electron chi connectivity index (χ0n) is 23.1. The van der Waals surface area contributed by atoms with E-state index in [9.17, 15) is 30.3 Å². The van der Waals surface area contributed by atoms with E-state index in [0.29, 0.717) is 28.2 Å². The fraction of sp³-hybridized carbons (Fsp3) is 0.206. The number of carbonyl (C=O) groups excluding carboxylic acids is 1. The van der Waals surface area contributed by atoms with E-state index in [-0.39, 0.29) is 57.8 Å². The summed E-state index contributed by atoms with van der Waals surface area (Å²) in [7, 11) is 0. The van der Waals surface area contributed by atoms with Crippen molar-refractivity contribution in [3.63, 3.8) is 0 Å². The predicted molar refractivity (Wildman–Crippen MR) is 153 cm³/mol. The molecule has 10 nitrogen and oxygen atoms in total. The van der Waals surface area contributed by atoms with E-state index in [1.807, 2.05) is 0 Å². The summed E-state index contributed by atoms with van der Waals surface area (Å²) in [5.74, 6) is -3.40. The summed E-state index contributed by atoms with van der Waals surface area (Å²) in [6, 6.07) is 18.4. The number of epoxide rings is 1. The van der Waals surface area contributed by atoms with Gasteiger partial charge in [-0.05, 0) is 55.5 Å². The molecule has 1 spiro atoms. The molecule has 9 rings (SSSR count). The zero-order valence-corrected chi connectivity index (χ0v) is 23.1. The van der Waals surface area contributed by atoms with Gasteiger partial charge in [-0.3, -0.25) is 4.79 Å². The van der Waals surface area contributed by atoms with E-state index in [4.69, 9.17) is 18.6 Å². The highest BCUT2D eigenvalue weighted by Gasteiger charge is 2.88. The Morgan fingerprint density at radius 3 is 2.34 bits per heavy atom. The highest BCUT2D eigenvalue weighted by Crippen LogP contribution is 2.78. The first-order chi connectivity index (χ1) is 21.0. The molecule has 5 atom stereocenters. The Morgan fingerprint density at radius 1 is 0.773 bits per heavy atom. The molecule has 2 fully saturated rings. The van der Waals surface area contributed by atoms with E-state index in [1.165, 1.54) is 42.5 Å². The van der Waals surface area contributed by atoms with Crippen LogP contribution < -0.4 is 9.47 Å². The molecule has 4 heterocycles. The van der Waals surface area contributed by atoms with E-state index in [2.05, 4.69) is 0 Å². The Labute approximate surface area is 248 Å². The van der Waals surface area contributed by atoms with Crippen molar-refractivity contribution in [2.45, 2.75) is 42.2 Å². The van der Waals surface area contributed by atoms with Gasteiger partial charge in [-0.15, -0.1) is 0 Å². The topological polar surface area (TPSA) is 162 Å². The minimum Gasteiger partial charge on any atom is -0.508 e. The molecular formula is C34H24O10. The van der Waals surface area contributed by atoms with E-state index < -0.39 is 28.8 Å². The standard InChI is InChI=1S/C34H24O10/c1-32-14-22(20-6-4-19(37)13-27(20)42-32)33-30(31(32)40)29-24(39)8-16(25-9-15-2-3-18(36)12-26(15)41-25)10-28(29)43-34(33,44-33)21-7-5-17(35)11-23(21)38/h2-13,22,30,35-39H,14H2,1H3/t22-,30-,32-,33-,34+/m0/s1. The number of ether oxygens (including phenoxy) is 3. The molecule has 4 aliphatic rings. The number of hydrogen-bond donors (Lipinski definition) is 5. The number of ketones is 1. The number of aromatic hydroxyl groups is 5. The van der Waals surface area contributed by atoms with Gasteiger partial charge in [0, 0.05) is 52.6 Å². The molecule has 2 bridgehead atoms. The molecule has 5 aromatic rings. The van der Waals surface area contributed by atoms with Crippen molar-refractivity contribution >= 4 is 16.8 Å². The van der Waals surface area contributed by atoms with Crippen molar-refractivity contribution in [3.8, 4) is 51.6 Å². The molecule has 1 aromatic heterocycles. The van der Waals surface area contributed by atoms with Gasteiger partial charge in [0.15, 0.2) is 17.0 Å². The molecule has 1 saturated carbocycles. The highest BCUT2D eigenvalue weighted by molar-refractivity contribution is 5.99. The molecular weight excluding hydrogens is 568 g/mol. The third-order valence-corrected chi connectivity index (χ3v) is 9.60. The maximum absolute atomic E-state index is 14.6. The van der Waals surface area contributed by atoms with Gasteiger partial charge in [0.25, 0.3) is 5.79 Å². The molecule has 44 heavy (non-hydrogen) atoms. The lowest BCUT2D eigenvalue weighted by atomic mass is 9.56. The van der Waals surface area contributed by atoms with Gasteiger partial charge in [0.2, 0.25) is 0 Å². The molecule has 1 aliphatic carbocycles. The second-order valence-electron chi connectivity index (χ2n) is 12.2. The molecule has 220 valence electrons. The Balaban J connectivity index is 1.30. The number of phenols is 5. The number of fused-ring (bicyclic) bond motifs is 7. The molecule has 3 aliphatic heterocycles. The summed E-state index contributed by atoms with van der Waals surface area (Å²) in [4.78, 5) is 14.6. The van der Waals surface area contributed by atoms with E-state index in [1.54, 1.807) is 37.3 Å². The van der Waals surface area contributed by atoms with Crippen LogP contribution in [-0.2, 0) is 15.3 Å². The number of furan rings is 1. The van der Waals surface area contributed by atoms with Crippen molar-refractivity contribution in [2.75, 3.05) is 0 Å². The Bertz CT molecular complexity index is 2120. The van der Waals surface area contributed by atoms with Crippen LogP contribution in [0, 0.1) is 0 Å². The van der Waals surface area contributed by atoms with Crippen LogP contribution in [0.2, 0.25) is 0 Å². The minimum absolute atomic E-state index is 0.0239. The van der Waals surface area contributed by atoms with Gasteiger partial charge in [-0.1, -0.05) is 6.07 Å². The number of phenolic OH excluding ortho intramolecular Hbond substituents is 5. The first-order valence-corrected chi connectivity index (χ1v) is 14.1. The van der Waals surface area contributed by atoms with Crippen LogP contribution in [0.15, 0.2) is 77.2 Å². The lowest BCUT2D eigenvalue weighted by molar-refractivity contribution is -0.145. The van der Waals surface area contributed by atoms with Gasteiger partial charge < -0.3 is 44.2 Å². The molecule has 5 N–H and O–H groups in total. The third kappa shape index (κ3) is 2.95. The number of Topliss-reactive ketones (excluding diaryl/α,β-unsaturated/α-hetero) is 1. The van der Waals surface area contributed by atoms with Crippen LogP contribution in [0.3, 0.4) is 0 Å². The molecule has 4 aromatic carbocycles. The first kappa shape index (κ1) is 25.2. The highest BCUT2D eigenvalue weighted by atomic mass is 16.8. The number of benzene rings is 4. The van der Waals surface area contributed by atoms with E-state index in [0.717, 1.165) is 5.39 Å². The van der Waals surface area contributed by atoms with Crippen LogP contribution in [0.5, 0.6) is 40.2 Å². The third-order valence-electron chi connectivity index (χ3n) is 9.60. The Hall–Kier alpha value is -5.35. The Morgan fingerprint density at radius 2 is 1.52 bits per heavy atom. The average molecular weight is 593 g/mol. The fourth-order valence-electron chi connectivity index (χ4n) is 7.69. The van der Waals surface area contributed by atoms with Gasteiger partial charge >= 0.3 is 0 Å². The van der Waals surface area contributed by atoms with Crippen LogP contribution >= 0.6 is 0 Å². The number of rotatable bonds is 2. The second-order valence-corrected chi connectivity index (χ2v) is 12.2. The summed E-state index contributed by atoms with van der Waals surface area (Å²) >= 11 is 0. The average Bonchev–Trinajstić information content (AvgIpc) is 3.46. The van der Waals surface area contributed by atoms with Gasteiger partial charge in [-0.2, -0.15) is 0 Å². The normalized spacial score (nSPS) is 29.1. The first-order valence-electron chi connectivity index (χ1n) is 14.1. The van der Waals surface area contributed by atoms with Crippen molar-refractivity contribution < 1.29 is 49.0 Å². The van der Waals surface area contributed by atoms with E-state index >= 15 is 0 Å². The van der Waals surface area contributed by atoms with Crippen molar-refractivity contribution in [1.82, 2.24) is 0 Å². The summed E-state index contributed by atoms with van der Waals surface area (Å²) in [5.41, 5.74) is -0.724. The van der Waals surface area contributed by atoms with Gasteiger partial charge in [-0.25, -0.2) is 0 Å². The largest absolute Gasteiger partial charge is 0.508 e. The van der Waals surface area contributed by atoms with Crippen molar-refractivity contribution in [3.05, 3.63) is 89.5 Å². The van der Waals surface area contributed by atoms with Crippen molar-refractivity contribution in [1.29, 1.82) is 0 Å². The quantitative estimate of drug-likeness (QED) is 0.162. The monoisotopic (exact) mass is 592 g/mol. The minimum atomic E-state index is -1.68. The summed E-state index contributed by atoms with van der Waals surface area (Å²) < 4.78 is 25.5. The Kier molecular flexibility index (Phi) is 4.45. The lowest BCUT2D eigenvalue weighted by Crippen LogP contribution is -2.61. The smallest absolute Gasteiger partial charge is 0.272 e. The van der Waals surface area contributed by atoms with Crippen LogP contribution in [0.4, 0.5) is 0 Å². The fourth-order valence-corrected chi connectivity index (χ4v) is 7.69. The number of hydrogen-bond acceptors (Lipinski definition) is 10. The van der Waals surface area contributed by atoms with Crippen LogP contribution in [-0.4, -0.2) is 42.5 Å².